The molecule has 130 valence electrons. The van der Waals surface area contributed by atoms with E-state index in [1.54, 1.807) is 31.3 Å². The zero-order valence-corrected chi connectivity index (χ0v) is 15.4. The summed E-state index contributed by atoms with van der Waals surface area (Å²) < 4.78 is 2.92. The van der Waals surface area contributed by atoms with Gasteiger partial charge in [-0.25, -0.2) is 4.98 Å². The lowest BCUT2D eigenvalue weighted by atomic mass is 10.2. The van der Waals surface area contributed by atoms with Crippen molar-refractivity contribution in [1.82, 2.24) is 9.55 Å². The Balaban J connectivity index is 1.69. The van der Waals surface area contributed by atoms with Gasteiger partial charge in [0.15, 0.2) is 0 Å². The Kier molecular flexibility index (Phi) is 4.22. The number of thiophene rings is 1. The highest BCUT2D eigenvalue weighted by molar-refractivity contribution is 7.25. The largest absolute Gasteiger partial charge is 0.314 e. The fourth-order valence-electron chi connectivity index (χ4n) is 2.81. The summed E-state index contributed by atoms with van der Waals surface area (Å²) in [6.07, 6.45) is 1.44. The third-order valence-electron chi connectivity index (χ3n) is 4.23. The molecule has 0 saturated heterocycles. The highest BCUT2D eigenvalue weighted by Gasteiger charge is 2.16. The predicted molar refractivity (Wildman–Crippen MR) is 106 cm³/mol. The van der Waals surface area contributed by atoms with Gasteiger partial charge in [0.2, 0.25) is 5.91 Å². The van der Waals surface area contributed by atoms with E-state index in [4.69, 9.17) is 11.6 Å². The van der Waals surface area contributed by atoms with E-state index in [9.17, 15) is 9.59 Å². The van der Waals surface area contributed by atoms with Gasteiger partial charge < -0.3 is 4.90 Å². The molecule has 0 unspecified atom stereocenters. The van der Waals surface area contributed by atoms with Crippen molar-refractivity contribution < 1.29 is 4.79 Å². The molecule has 0 N–H and O–H groups in total. The van der Waals surface area contributed by atoms with Crippen LogP contribution in [0.1, 0.15) is 0 Å². The molecule has 0 aliphatic carbocycles. The van der Waals surface area contributed by atoms with E-state index in [1.807, 2.05) is 24.3 Å². The Morgan fingerprint density at radius 2 is 2.04 bits per heavy atom. The number of halogens is 1. The maximum absolute atomic E-state index is 12.8. The number of carbonyl (C=O) groups is 1. The summed E-state index contributed by atoms with van der Waals surface area (Å²) in [5.74, 6) is -0.225. The summed E-state index contributed by atoms with van der Waals surface area (Å²) in [5.41, 5.74) is 1.15. The number of hydrogen-bond donors (Lipinski definition) is 0. The third kappa shape index (κ3) is 2.87. The minimum Gasteiger partial charge on any atom is -0.314 e. The molecule has 2 heterocycles. The summed E-state index contributed by atoms with van der Waals surface area (Å²) >= 11 is 7.38. The minimum atomic E-state index is -0.225. The van der Waals surface area contributed by atoms with Crippen molar-refractivity contribution in [3.63, 3.8) is 0 Å². The van der Waals surface area contributed by atoms with Crippen LogP contribution < -0.4 is 10.5 Å². The van der Waals surface area contributed by atoms with Crippen LogP contribution in [-0.4, -0.2) is 22.5 Å². The van der Waals surface area contributed by atoms with Crippen molar-refractivity contribution in [1.29, 1.82) is 0 Å². The number of hydrogen-bond acceptors (Lipinski definition) is 4. The highest BCUT2D eigenvalue weighted by atomic mass is 35.5. The third-order valence-corrected chi connectivity index (χ3v) is 5.61. The van der Waals surface area contributed by atoms with Gasteiger partial charge in [-0.15, -0.1) is 11.3 Å². The zero-order valence-electron chi connectivity index (χ0n) is 13.8. The molecule has 2 aromatic heterocycles. The Bertz CT molecular complexity index is 1200. The van der Waals surface area contributed by atoms with Crippen molar-refractivity contribution in [3.8, 4) is 0 Å². The average molecular weight is 384 g/mol. The molecule has 1 amide bonds. The highest BCUT2D eigenvalue weighted by Crippen LogP contribution is 2.29. The van der Waals surface area contributed by atoms with Crippen molar-refractivity contribution in [3.05, 3.63) is 70.2 Å². The lowest BCUT2D eigenvalue weighted by molar-refractivity contribution is -0.118. The first kappa shape index (κ1) is 16.8. The lowest BCUT2D eigenvalue weighted by Gasteiger charge is -2.18. The van der Waals surface area contributed by atoms with Gasteiger partial charge in [-0.05, 0) is 24.3 Å². The van der Waals surface area contributed by atoms with Crippen molar-refractivity contribution in [2.24, 2.45) is 0 Å². The van der Waals surface area contributed by atoms with Crippen LogP contribution in [0.2, 0.25) is 5.02 Å². The molecule has 7 heteroatoms. The fraction of sp³-hybridized carbons (Fsp3) is 0.105. The Labute approximate surface area is 158 Å². The van der Waals surface area contributed by atoms with E-state index in [-0.39, 0.29) is 18.0 Å². The Hall–Kier alpha value is -2.70. The molecule has 5 nitrogen and oxygen atoms in total. The summed E-state index contributed by atoms with van der Waals surface area (Å²) in [7, 11) is 1.66. The second-order valence-corrected chi connectivity index (χ2v) is 7.37. The van der Waals surface area contributed by atoms with E-state index in [0.29, 0.717) is 20.9 Å². The Morgan fingerprint density at radius 1 is 1.23 bits per heavy atom. The number of nitrogens with zero attached hydrogens (tertiary/aromatic N) is 3. The maximum atomic E-state index is 12.8. The molecule has 0 spiro atoms. The van der Waals surface area contributed by atoms with Gasteiger partial charge in [0.05, 0.1) is 11.8 Å². The second-order valence-electron chi connectivity index (χ2n) is 5.89. The number of carbonyl (C=O) groups excluding carboxylic acids is 1. The van der Waals surface area contributed by atoms with Crippen LogP contribution in [0.5, 0.6) is 0 Å². The van der Waals surface area contributed by atoms with Crippen LogP contribution >= 0.6 is 22.9 Å². The lowest BCUT2D eigenvalue weighted by Crippen LogP contribution is -2.33. The van der Waals surface area contributed by atoms with Crippen molar-refractivity contribution in [2.75, 3.05) is 11.9 Å². The topological polar surface area (TPSA) is 55.2 Å². The van der Waals surface area contributed by atoms with Crippen LogP contribution in [0.25, 0.3) is 20.3 Å². The van der Waals surface area contributed by atoms with Gasteiger partial charge in [0.25, 0.3) is 5.56 Å². The maximum Gasteiger partial charge on any atom is 0.271 e. The van der Waals surface area contributed by atoms with Crippen LogP contribution in [0.3, 0.4) is 0 Å². The second kappa shape index (κ2) is 6.55. The van der Waals surface area contributed by atoms with E-state index >= 15 is 0 Å². The van der Waals surface area contributed by atoms with Crippen molar-refractivity contribution >= 4 is 54.8 Å². The molecular formula is C19H14ClN3O2S. The van der Waals surface area contributed by atoms with Gasteiger partial charge >= 0.3 is 0 Å². The van der Waals surface area contributed by atoms with E-state index in [0.717, 1.165) is 10.1 Å². The number of likely N-dealkylation sites (N-methyl/N-ethyl adjacent to an activating group) is 1. The summed E-state index contributed by atoms with van der Waals surface area (Å²) in [5, 5.41) is 1.51. The predicted octanol–water partition coefficient (Wildman–Crippen LogP) is 3.93. The number of benzene rings is 2. The molecular weight excluding hydrogens is 370 g/mol. The molecule has 0 fully saturated rings. The SMILES string of the molecule is CN(C(=O)Cn1cnc2c(sc3ccccc32)c1=O)c1cccc(Cl)c1. The molecule has 0 saturated carbocycles. The fourth-order valence-corrected chi connectivity index (χ4v) is 4.10. The number of anilines is 1. The van der Waals surface area contributed by atoms with Crippen LogP contribution in [0.15, 0.2) is 59.7 Å². The minimum absolute atomic E-state index is 0.0843. The normalized spacial score (nSPS) is 11.2. The quantitative estimate of drug-likeness (QED) is 0.538. The molecule has 0 bridgehead atoms. The molecule has 26 heavy (non-hydrogen) atoms. The molecule has 0 atom stereocenters. The summed E-state index contributed by atoms with van der Waals surface area (Å²) in [6, 6.07) is 14.8. The summed E-state index contributed by atoms with van der Waals surface area (Å²) in [4.78, 5) is 31.3. The van der Waals surface area contributed by atoms with Gasteiger partial charge in [-0.2, -0.15) is 0 Å². The Morgan fingerprint density at radius 3 is 2.85 bits per heavy atom. The van der Waals surface area contributed by atoms with E-state index in [2.05, 4.69) is 4.98 Å². The number of rotatable bonds is 3. The molecule has 4 rings (SSSR count). The first-order valence-electron chi connectivity index (χ1n) is 7.93. The molecule has 2 aromatic carbocycles. The van der Waals surface area contributed by atoms with Crippen LogP contribution in [0, 0.1) is 0 Å². The molecule has 4 aromatic rings. The molecule has 0 radical (unpaired) electrons. The number of amides is 1. The first-order valence-corrected chi connectivity index (χ1v) is 9.13. The van der Waals surface area contributed by atoms with Crippen molar-refractivity contribution in [2.45, 2.75) is 6.54 Å². The zero-order chi connectivity index (χ0) is 18.3. The number of fused-ring (bicyclic) bond motifs is 3. The first-order chi connectivity index (χ1) is 12.5. The van der Waals surface area contributed by atoms with E-state index in [1.165, 1.54) is 27.1 Å². The van der Waals surface area contributed by atoms with Gasteiger partial charge in [0.1, 0.15) is 11.2 Å². The molecule has 0 aliphatic heterocycles. The van der Waals surface area contributed by atoms with Crippen LogP contribution in [0.4, 0.5) is 5.69 Å². The van der Waals surface area contributed by atoms with Crippen LogP contribution in [-0.2, 0) is 11.3 Å². The molecule has 0 aliphatic rings. The van der Waals surface area contributed by atoms with E-state index < -0.39 is 0 Å². The summed E-state index contributed by atoms with van der Waals surface area (Å²) in [6.45, 7) is -0.0843. The monoisotopic (exact) mass is 383 g/mol. The smallest absolute Gasteiger partial charge is 0.271 e. The van der Waals surface area contributed by atoms with Gasteiger partial charge in [-0.1, -0.05) is 35.9 Å². The average Bonchev–Trinajstić information content (AvgIpc) is 3.03. The standard InChI is InChI=1S/C19H14ClN3O2S/c1-22(13-6-4-5-12(20)9-13)16(24)10-23-11-21-17-14-7-2-3-8-15(14)26-18(17)19(23)25/h2-9,11H,10H2,1H3. The van der Waals surface area contributed by atoms with Gasteiger partial charge in [-0.3, -0.25) is 14.2 Å². The number of aromatic nitrogens is 2. The van der Waals surface area contributed by atoms with Gasteiger partial charge in [0, 0.05) is 27.8 Å².